The highest BCUT2D eigenvalue weighted by Crippen LogP contribution is 2.27. The first-order valence-electron chi connectivity index (χ1n) is 6.98. The van der Waals surface area contributed by atoms with E-state index in [0.29, 0.717) is 19.3 Å². The highest BCUT2D eigenvalue weighted by Gasteiger charge is 2.33. The van der Waals surface area contributed by atoms with E-state index in [4.69, 9.17) is 9.47 Å². The largest absolute Gasteiger partial charge is 0.464 e. The van der Waals surface area contributed by atoms with Crippen LogP contribution in [0.3, 0.4) is 0 Å². The van der Waals surface area contributed by atoms with Gasteiger partial charge in [-0.25, -0.2) is 4.79 Å². The van der Waals surface area contributed by atoms with Crippen molar-refractivity contribution < 1.29 is 14.3 Å². The van der Waals surface area contributed by atoms with Crippen LogP contribution in [-0.4, -0.2) is 62.9 Å². The van der Waals surface area contributed by atoms with Crippen molar-refractivity contribution in [3.8, 4) is 0 Å². The Kier molecular flexibility index (Phi) is 5.41. The lowest BCUT2D eigenvalue weighted by Gasteiger charge is -2.45. The minimum atomic E-state index is -0.277. The van der Waals surface area contributed by atoms with Gasteiger partial charge in [-0.05, 0) is 38.8 Å². The molecule has 1 unspecified atom stereocenters. The molecule has 0 aromatic carbocycles. The molecule has 0 aliphatic carbocycles. The normalized spacial score (nSPS) is 30.4. The van der Waals surface area contributed by atoms with E-state index in [1.165, 1.54) is 32.5 Å². The SMILES string of the molecule is CCOC(=O)COCCNC1CN2CCC1CC2. The van der Waals surface area contributed by atoms with Crippen molar-refractivity contribution in [3.63, 3.8) is 0 Å². The Labute approximate surface area is 109 Å². The van der Waals surface area contributed by atoms with Crippen molar-refractivity contribution in [2.75, 3.05) is 46.0 Å². The Bertz CT molecular complexity index is 265. The van der Waals surface area contributed by atoms with Crippen molar-refractivity contribution in [3.05, 3.63) is 0 Å². The summed E-state index contributed by atoms with van der Waals surface area (Å²) in [6.45, 7) is 7.37. The molecule has 0 saturated carbocycles. The predicted molar refractivity (Wildman–Crippen MR) is 68.4 cm³/mol. The summed E-state index contributed by atoms with van der Waals surface area (Å²) in [7, 11) is 0. The van der Waals surface area contributed by atoms with Crippen LogP contribution in [-0.2, 0) is 14.3 Å². The molecule has 0 amide bonds. The molecule has 0 aromatic heterocycles. The molecule has 0 spiro atoms. The van der Waals surface area contributed by atoms with Crippen LogP contribution in [0.2, 0.25) is 0 Å². The zero-order valence-electron chi connectivity index (χ0n) is 11.2. The second-order valence-corrected chi connectivity index (χ2v) is 5.06. The lowest BCUT2D eigenvalue weighted by Crippen LogP contribution is -2.56. The smallest absolute Gasteiger partial charge is 0.332 e. The number of fused-ring (bicyclic) bond motifs is 3. The minimum Gasteiger partial charge on any atom is -0.464 e. The maximum Gasteiger partial charge on any atom is 0.332 e. The van der Waals surface area contributed by atoms with Gasteiger partial charge in [-0.1, -0.05) is 0 Å². The molecule has 0 aromatic rings. The fourth-order valence-corrected chi connectivity index (χ4v) is 2.87. The molecular formula is C13H24N2O3. The fraction of sp³-hybridized carbons (Fsp3) is 0.923. The number of nitrogens with zero attached hydrogens (tertiary/aromatic N) is 1. The summed E-state index contributed by atoms with van der Waals surface area (Å²) < 4.78 is 10.1. The van der Waals surface area contributed by atoms with Gasteiger partial charge in [0.25, 0.3) is 0 Å². The molecule has 3 aliphatic heterocycles. The van der Waals surface area contributed by atoms with E-state index in [1.54, 1.807) is 6.92 Å². The molecule has 2 bridgehead atoms. The van der Waals surface area contributed by atoms with Crippen molar-refractivity contribution >= 4 is 5.97 Å². The maximum atomic E-state index is 11.0. The lowest BCUT2D eigenvalue weighted by molar-refractivity contribution is -0.148. The molecule has 3 fully saturated rings. The number of nitrogens with one attached hydrogen (secondary N) is 1. The molecule has 0 radical (unpaired) electrons. The van der Waals surface area contributed by atoms with Gasteiger partial charge in [0.15, 0.2) is 0 Å². The van der Waals surface area contributed by atoms with Gasteiger partial charge in [-0.15, -0.1) is 0 Å². The summed E-state index contributed by atoms with van der Waals surface area (Å²) >= 11 is 0. The number of rotatable bonds is 7. The number of hydrogen-bond donors (Lipinski definition) is 1. The van der Waals surface area contributed by atoms with Gasteiger partial charge >= 0.3 is 5.97 Å². The predicted octanol–water partition coefficient (Wildman–Crippen LogP) is 0.250. The van der Waals surface area contributed by atoms with Gasteiger partial charge in [-0.2, -0.15) is 0 Å². The molecule has 3 heterocycles. The molecule has 5 heteroatoms. The standard InChI is InChI=1S/C13H24N2O3/c1-2-18-13(16)10-17-8-5-14-12-9-15-6-3-11(12)4-7-15/h11-12,14H,2-10H2,1H3. The Balaban J connectivity index is 1.52. The van der Waals surface area contributed by atoms with Crippen molar-refractivity contribution in [2.24, 2.45) is 5.92 Å². The Morgan fingerprint density at radius 3 is 2.78 bits per heavy atom. The average molecular weight is 256 g/mol. The molecular weight excluding hydrogens is 232 g/mol. The van der Waals surface area contributed by atoms with Crippen molar-refractivity contribution in [1.82, 2.24) is 10.2 Å². The van der Waals surface area contributed by atoms with Crippen LogP contribution in [0.1, 0.15) is 19.8 Å². The summed E-state index contributed by atoms with van der Waals surface area (Å²) in [5.74, 6) is 0.556. The topological polar surface area (TPSA) is 50.8 Å². The Morgan fingerprint density at radius 2 is 2.17 bits per heavy atom. The first kappa shape index (κ1) is 13.8. The second kappa shape index (κ2) is 7.07. The van der Waals surface area contributed by atoms with E-state index in [2.05, 4.69) is 10.2 Å². The highest BCUT2D eigenvalue weighted by molar-refractivity contribution is 5.70. The molecule has 1 atom stereocenters. The van der Waals surface area contributed by atoms with Crippen LogP contribution >= 0.6 is 0 Å². The van der Waals surface area contributed by atoms with Crippen LogP contribution in [0.15, 0.2) is 0 Å². The minimum absolute atomic E-state index is 0.0652. The third-order valence-corrected chi connectivity index (χ3v) is 3.83. The molecule has 3 saturated heterocycles. The number of hydrogen-bond acceptors (Lipinski definition) is 5. The maximum absolute atomic E-state index is 11.0. The molecule has 104 valence electrons. The number of piperidine rings is 3. The molecule has 5 nitrogen and oxygen atoms in total. The first-order chi connectivity index (χ1) is 8.79. The third kappa shape index (κ3) is 3.93. The second-order valence-electron chi connectivity index (χ2n) is 5.06. The summed E-state index contributed by atoms with van der Waals surface area (Å²) in [5.41, 5.74) is 0. The first-order valence-corrected chi connectivity index (χ1v) is 6.98. The number of esters is 1. The molecule has 3 aliphatic rings. The number of carbonyl (C=O) groups is 1. The summed E-state index contributed by atoms with van der Waals surface area (Å²) in [4.78, 5) is 13.6. The summed E-state index contributed by atoms with van der Waals surface area (Å²) in [6, 6.07) is 0.610. The van der Waals surface area contributed by atoms with Crippen LogP contribution in [0.4, 0.5) is 0 Å². The Morgan fingerprint density at radius 1 is 1.39 bits per heavy atom. The van der Waals surface area contributed by atoms with Gasteiger partial charge in [-0.3, -0.25) is 0 Å². The summed E-state index contributed by atoms with van der Waals surface area (Å²) in [5, 5.41) is 3.54. The molecule has 1 N–H and O–H groups in total. The molecule has 18 heavy (non-hydrogen) atoms. The van der Waals surface area contributed by atoms with E-state index >= 15 is 0 Å². The monoisotopic (exact) mass is 256 g/mol. The number of carbonyl (C=O) groups excluding carboxylic acids is 1. The lowest BCUT2D eigenvalue weighted by atomic mass is 9.84. The van der Waals surface area contributed by atoms with E-state index < -0.39 is 0 Å². The zero-order chi connectivity index (χ0) is 12.8. The Hall–Kier alpha value is -0.650. The van der Waals surface area contributed by atoms with Crippen LogP contribution in [0.5, 0.6) is 0 Å². The van der Waals surface area contributed by atoms with E-state index in [9.17, 15) is 4.79 Å². The van der Waals surface area contributed by atoms with Crippen LogP contribution in [0, 0.1) is 5.92 Å². The van der Waals surface area contributed by atoms with Gasteiger partial charge in [0.05, 0.1) is 13.2 Å². The zero-order valence-corrected chi connectivity index (χ0v) is 11.2. The van der Waals surface area contributed by atoms with Crippen LogP contribution < -0.4 is 5.32 Å². The van der Waals surface area contributed by atoms with Crippen LogP contribution in [0.25, 0.3) is 0 Å². The fourth-order valence-electron chi connectivity index (χ4n) is 2.87. The van der Waals surface area contributed by atoms with Gasteiger partial charge < -0.3 is 19.7 Å². The van der Waals surface area contributed by atoms with Crippen molar-refractivity contribution in [1.29, 1.82) is 0 Å². The number of ether oxygens (including phenoxy) is 2. The van der Waals surface area contributed by atoms with Gasteiger partial charge in [0, 0.05) is 19.1 Å². The average Bonchev–Trinajstić information content (AvgIpc) is 2.40. The van der Waals surface area contributed by atoms with E-state index in [0.717, 1.165) is 12.5 Å². The third-order valence-electron chi connectivity index (χ3n) is 3.83. The van der Waals surface area contributed by atoms with E-state index in [1.807, 2.05) is 0 Å². The highest BCUT2D eigenvalue weighted by atomic mass is 16.6. The van der Waals surface area contributed by atoms with Gasteiger partial charge in [0.1, 0.15) is 6.61 Å². The van der Waals surface area contributed by atoms with E-state index in [-0.39, 0.29) is 12.6 Å². The summed E-state index contributed by atoms with van der Waals surface area (Å²) in [6.07, 6.45) is 2.64. The molecule has 3 rings (SSSR count). The van der Waals surface area contributed by atoms with Crippen molar-refractivity contribution in [2.45, 2.75) is 25.8 Å². The quantitative estimate of drug-likeness (QED) is 0.523. The van der Waals surface area contributed by atoms with Gasteiger partial charge in [0.2, 0.25) is 0 Å².